The van der Waals surface area contributed by atoms with Crippen LogP contribution in [-0.4, -0.2) is 17.5 Å². The molecule has 1 aromatic carbocycles. The summed E-state index contributed by atoms with van der Waals surface area (Å²) < 4.78 is 0. The number of hydrazone groups is 1. The lowest BCUT2D eigenvalue weighted by Crippen LogP contribution is -2.25. The van der Waals surface area contributed by atoms with E-state index in [4.69, 9.17) is 0 Å². The predicted molar refractivity (Wildman–Crippen MR) is 71.7 cm³/mol. The zero-order valence-corrected chi connectivity index (χ0v) is 10.8. The number of rotatable bonds is 4. The fourth-order valence-electron chi connectivity index (χ4n) is 1.34. The van der Waals surface area contributed by atoms with Crippen molar-refractivity contribution in [2.75, 3.05) is 5.32 Å². The number of urea groups is 1. The fourth-order valence-corrected chi connectivity index (χ4v) is 1.34. The third-order valence-electron chi connectivity index (χ3n) is 2.16. The maximum absolute atomic E-state index is 11.5. The summed E-state index contributed by atoms with van der Waals surface area (Å²) in [4.78, 5) is 22.3. The molecule has 0 aliphatic carbocycles. The number of carbonyl (C=O) groups is 2. The van der Waals surface area contributed by atoms with Crippen LogP contribution in [0.5, 0.6) is 0 Å². The Balaban J connectivity index is 2.47. The van der Waals surface area contributed by atoms with Crippen LogP contribution in [0.15, 0.2) is 29.4 Å². The molecule has 0 spiro atoms. The van der Waals surface area contributed by atoms with Crippen LogP contribution in [0.3, 0.4) is 0 Å². The summed E-state index contributed by atoms with van der Waals surface area (Å²) in [7, 11) is 0. The number of carbonyl (C=O) groups excluding carboxylic acids is 2. The molecular weight excluding hydrogens is 230 g/mol. The summed E-state index contributed by atoms with van der Waals surface area (Å²) in [5.41, 5.74) is 4.72. The van der Waals surface area contributed by atoms with Gasteiger partial charge in [-0.05, 0) is 32.9 Å². The molecule has 0 fully saturated rings. The highest BCUT2D eigenvalue weighted by molar-refractivity contribution is 6.00. The van der Waals surface area contributed by atoms with Crippen molar-refractivity contribution in [1.82, 2.24) is 5.43 Å². The minimum Gasteiger partial charge on any atom is -0.307 e. The third-order valence-corrected chi connectivity index (χ3v) is 2.16. The Bertz CT molecular complexity index is 464. The van der Waals surface area contributed by atoms with Crippen LogP contribution in [0, 0.1) is 6.92 Å². The number of Topliss-reactive ketones (excluding diaryl/α,β-unsaturated/α-hetero) is 1. The van der Waals surface area contributed by atoms with E-state index in [-0.39, 0.29) is 12.2 Å². The van der Waals surface area contributed by atoms with Crippen LogP contribution in [-0.2, 0) is 4.79 Å². The van der Waals surface area contributed by atoms with Crippen LogP contribution >= 0.6 is 0 Å². The molecule has 0 radical (unpaired) electrons. The van der Waals surface area contributed by atoms with Crippen molar-refractivity contribution in [3.8, 4) is 0 Å². The van der Waals surface area contributed by atoms with Gasteiger partial charge < -0.3 is 5.32 Å². The number of nitrogens with zero attached hydrogens (tertiary/aromatic N) is 1. The number of hydrogen-bond donors (Lipinski definition) is 2. The van der Waals surface area contributed by atoms with Crippen molar-refractivity contribution in [2.24, 2.45) is 5.10 Å². The molecule has 0 heterocycles. The number of anilines is 1. The van der Waals surface area contributed by atoms with E-state index in [1.165, 1.54) is 6.92 Å². The van der Waals surface area contributed by atoms with E-state index in [1.54, 1.807) is 19.1 Å². The SMILES string of the molecule is CC(=O)C/C(C)=N/NC(=O)Nc1ccc(C)cc1. The Hall–Kier alpha value is -2.17. The summed E-state index contributed by atoms with van der Waals surface area (Å²) in [6.45, 7) is 5.14. The number of ketones is 1. The first-order valence-corrected chi connectivity index (χ1v) is 5.63. The van der Waals surface area contributed by atoms with E-state index in [0.29, 0.717) is 11.4 Å². The fraction of sp³-hybridized carbons (Fsp3) is 0.308. The lowest BCUT2D eigenvalue weighted by Gasteiger charge is -2.05. The molecule has 5 heteroatoms. The molecule has 2 amide bonds. The van der Waals surface area contributed by atoms with Crippen LogP contribution in [0.2, 0.25) is 0 Å². The molecule has 5 nitrogen and oxygen atoms in total. The molecule has 0 aromatic heterocycles. The molecule has 0 saturated carbocycles. The molecular formula is C13H17N3O2. The first kappa shape index (κ1) is 13.9. The summed E-state index contributed by atoms with van der Waals surface area (Å²) >= 11 is 0. The summed E-state index contributed by atoms with van der Waals surface area (Å²) in [6.07, 6.45) is 0.241. The standard InChI is InChI=1S/C13H17N3O2/c1-9-4-6-12(7-5-9)14-13(18)16-15-10(2)8-11(3)17/h4-7H,8H2,1-3H3,(H2,14,16,18)/b15-10+. The smallest absolute Gasteiger partial charge is 0.307 e. The number of benzene rings is 1. The van der Waals surface area contributed by atoms with E-state index in [2.05, 4.69) is 15.8 Å². The van der Waals surface area contributed by atoms with E-state index in [9.17, 15) is 9.59 Å². The van der Waals surface area contributed by atoms with Crippen LogP contribution < -0.4 is 10.7 Å². The Morgan fingerprint density at radius 2 is 1.78 bits per heavy atom. The minimum absolute atomic E-state index is 0.0111. The van der Waals surface area contributed by atoms with Crippen molar-refractivity contribution in [3.63, 3.8) is 0 Å². The van der Waals surface area contributed by atoms with Crippen molar-refractivity contribution in [3.05, 3.63) is 29.8 Å². The Morgan fingerprint density at radius 1 is 1.17 bits per heavy atom. The lowest BCUT2D eigenvalue weighted by molar-refractivity contribution is -0.115. The zero-order valence-electron chi connectivity index (χ0n) is 10.8. The van der Waals surface area contributed by atoms with E-state index >= 15 is 0 Å². The van der Waals surface area contributed by atoms with E-state index in [0.717, 1.165) is 5.56 Å². The molecule has 0 aliphatic rings. The molecule has 1 rings (SSSR count). The van der Waals surface area contributed by atoms with Gasteiger partial charge in [-0.3, -0.25) is 4.79 Å². The van der Waals surface area contributed by atoms with Gasteiger partial charge in [0.2, 0.25) is 0 Å². The van der Waals surface area contributed by atoms with Crippen LogP contribution in [0.25, 0.3) is 0 Å². The third kappa shape index (κ3) is 5.25. The minimum atomic E-state index is -0.429. The maximum Gasteiger partial charge on any atom is 0.339 e. The van der Waals surface area contributed by atoms with Gasteiger partial charge in [-0.15, -0.1) is 0 Å². The average molecular weight is 247 g/mol. The number of amides is 2. The van der Waals surface area contributed by atoms with Gasteiger partial charge in [0.25, 0.3) is 0 Å². The van der Waals surface area contributed by atoms with Crippen molar-refractivity contribution >= 4 is 23.2 Å². The van der Waals surface area contributed by atoms with Gasteiger partial charge in [0.05, 0.1) is 0 Å². The molecule has 0 atom stereocenters. The Morgan fingerprint density at radius 3 is 2.33 bits per heavy atom. The summed E-state index contributed by atoms with van der Waals surface area (Å²) in [5.74, 6) is 0.0111. The molecule has 0 aliphatic heterocycles. The number of nitrogens with one attached hydrogen (secondary N) is 2. The summed E-state index contributed by atoms with van der Waals surface area (Å²) in [5, 5.41) is 6.45. The Kier molecular flexibility index (Phi) is 5.05. The van der Waals surface area contributed by atoms with Gasteiger partial charge in [0.15, 0.2) is 0 Å². The van der Waals surface area contributed by atoms with E-state index in [1.807, 2.05) is 19.1 Å². The average Bonchev–Trinajstić information content (AvgIpc) is 2.29. The van der Waals surface area contributed by atoms with Gasteiger partial charge in [-0.2, -0.15) is 5.10 Å². The first-order valence-electron chi connectivity index (χ1n) is 5.63. The molecule has 0 unspecified atom stereocenters. The van der Waals surface area contributed by atoms with Gasteiger partial charge in [0.1, 0.15) is 5.78 Å². The van der Waals surface area contributed by atoms with Crippen LogP contribution in [0.4, 0.5) is 10.5 Å². The number of hydrogen-bond acceptors (Lipinski definition) is 3. The molecule has 2 N–H and O–H groups in total. The Labute approximate surface area is 106 Å². The van der Waals surface area contributed by atoms with E-state index < -0.39 is 6.03 Å². The topological polar surface area (TPSA) is 70.6 Å². The second-order valence-corrected chi connectivity index (χ2v) is 4.16. The highest BCUT2D eigenvalue weighted by Crippen LogP contribution is 2.07. The zero-order chi connectivity index (χ0) is 13.5. The normalized spacial score (nSPS) is 10.9. The molecule has 96 valence electrons. The van der Waals surface area contributed by atoms with Gasteiger partial charge in [-0.1, -0.05) is 17.7 Å². The van der Waals surface area contributed by atoms with Crippen molar-refractivity contribution in [2.45, 2.75) is 27.2 Å². The van der Waals surface area contributed by atoms with Gasteiger partial charge in [0, 0.05) is 17.8 Å². The largest absolute Gasteiger partial charge is 0.339 e. The van der Waals surface area contributed by atoms with Crippen molar-refractivity contribution < 1.29 is 9.59 Å². The van der Waals surface area contributed by atoms with Crippen molar-refractivity contribution in [1.29, 1.82) is 0 Å². The molecule has 18 heavy (non-hydrogen) atoms. The molecule has 0 bridgehead atoms. The molecule has 1 aromatic rings. The van der Waals surface area contributed by atoms with Gasteiger partial charge >= 0.3 is 6.03 Å². The highest BCUT2D eigenvalue weighted by Gasteiger charge is 2.01. The second kappa shape index (κ2) is 6.54. The maximum atomic E-state index is 11.5. The number of aryl methyl sites for hydroxylation is 1. The van der Waals surface area contributed by atoms with Gasteiger partial charge in [-0.25, -0.2) is 10.2 Å². The van der Waals surface area contributed by atoms with Crippen LogP contribution in [0.1, 0.15) is 25.8 Å². The molecule has 0 saturated heterocycles. The summed E-state index contributed by atoms with van der Waals surface area (Å²) in [6, 6.07) is 6.99. The lowest BCUT2D eigenvalue weighted by atomic mass is 10.2. The predicted octanol–water partition coefficient (Wildman–Crippen LogP) is 2.47. The first-order chi connectivity index (χ1) is 8.47. The quantitative estimate of drug-likeness (QED) is 0.633. The highest BCUT2D eigenvalue weighted by atomic mass is 16.2. The second-order valence-electron chi connectivity index (χ2n) is 4.16. The monoisotopic (exact) mass is 247 g/mol.